The maximum Gasteiger partial charge on any atom is 0.534 e. The predicted molar refractivity (Wildman–Crippen MR) is 585 cm³/mol. The molecule has 0 bridgehead atoms. The molecule has 32 heteroatoms. The van der Waals surface area contributed by atoms with Crippen LogP contribution in [0.5, 0.6) is 0 Å². The van der Waals surface area contributed by atoms with Crippen molar-refractivity contribution in [2.24, 2.45) is 65.2 Å². The van der Waals surface area contributed by atoms with Crippen LogP contribution < -0.4 is 5.32 Å². The van der Waals surface area contributed by atoms with E-state index >= 15 is 0 Å². The van der Waals surface area contributed by atoms with E-state index in [0.29, 0.717) is 124 Å². The Balaban J connectivity index is 0.000000223. The zero-order chi connectivity index (χ0) is 111. The van der Waals surface area contributed by atoms with Crippen molar-refractivity contribution in [3.05, 3.63) is 106 Å². The molecular weight excluding hydrogens is 1930 g/mol. The average molecular weight is 2120 g/mol. The summed E-state index contributed by atoms with van der Waals surface area (Å²) in [6.45, 7) is 70.4. The van der Waals surface area contributed by atoms with E-state index in [9.17, 15) is 60.3 Å². The van der Waals surface area contributed by atoms with Crippen LogP contribution >= 0.6 is 0 Å². The molecule has 150 heavy (non-hydrogen) atoms. The first-order valence-corrected chi connectivity index (χ1v) is 57.6. The Morgan fingerprint density at radius 2 is 0.740 bits per heavy atom. The number of amidine groups is 2. The molecule has 13 rings (SSSR count). The van der Waals surface area contributed by atoms with Gasteiger partial charge < -0.3 is 77.2 Å². The van der Waals surface area contributed by atoms with Crippen molar-refractivity contribution in [3.8, 4) is 0 Å². The van der Waals surface area contributed by atoms with Crippen LogP contribution in [0.25, 0.3) is 0 Å². The molecule has 3 aromatic rings. The number of hydrogen-bond acceptors (Lipinski definition) is 23. The Hall–Kier alpha value is -8.30. The van der Waals surface area contributed by atoms with Gasteiger partial charge in [-0.3, -0.25) is 14.4 Å². The fraction of sp³-hybridized carbons (Fsp3) is 0.763. The van der Waals surface area contributed by atoms with Crippen molar-refractivity contribution >= 4 is 69.4 Å². The molecule has 3 aromatic carbocycles. The van der Waals surface area contributed by atoms with Gasteiger partial charge >= 0.3 is 45.5 Å². The van der Waals surface area contributed by atoms with E-state index in [2.05, 4.69) is 145 Å². The molecule has 3 spiro atoms. The first kappa shape index (κ1) is 125. The zero-order valence-corrected chi connectivity index (χ0v) is 97.5. The van der Waals surface area contributed by atoms with Gasteiger partial charge in [0.2, 0.25) is 0 Å². The number of likely N-dealkylation sites (tertiary alicyclic amines) is 3. The lowest BCUT2D eigenvalue weighted by Gasteiger charge is -2.47. The molecule has 7 heterocycles. The molecule has 4 unspecified atom stereocenters. The molecule has 0 radical (unpaired) electrons. The van der Waals surface area contributed by atoms with Crippen molar-refractivity contribution in [2.45, 2.75) is 451 Å². The van der Waals surface area contributed by atoms with E-state index in [0.717, 1.165) is 159 Å². The normalized spacial score (nSPS) is 25.0. The van der Waals surface area contributed by atoms with Crippen LogP contribution in [0.15, 0.2) is 87.8 Å². The molecule has 3 saturated carbocycles. The van der Waals surface area contributed by atoms with Crippen molar-refractivity contribution in [3.63, 3.8) is 0 Å². The zero-order valence-electron chi connectivity index (χ0n) is 96.7. The predicted octanol–water partition coefficient (Wildman–Crippen LogP) is 25.1. The van der Waals surface area contributed by atoms with Crippen LogP contribution in [0.3, 0.4) is 0 Å². The van der Waals surface area contributed by atoms with Crippen LogP contribution in [0.4, 0.5) is 18.0 Å². The van der Waals surface area contributed by atoms with E-state index in [1.165, 1.54) is 24.3 Å². The molecule has 10 aliphatic rings. The summed E-state index contributed by atoms with van der Waals surface area (Å²) in [6, 6.07) is 20.5. The van der Waals surface area contributed by atoms with E-state index in [4.69, 9.17) is 43.1 Å². The number of aliphatic imine (C=N–C) groups is 3. The quantitative estimate of drug-likeness (QED) is 0.0326. The monoisotopic (exact) mass is 2120 g/mol. The van der Waals surface area contributed by atoms with Gasteiger partial charge in [-0.2, -0.15) is 21.6 Å². The second-order valence-corrected chi connectivity index (χ2v) is 53.0. The minimum Gasteiger partial charge on any atom is -0.478 e. The Bertz CT molecular complexity index is 5060. The van der Waals surface area contributed by atoms with Gasteiger partial charge in [0.25, 0.3) is 17.7 Å². The van der Waals surface area contributed by atoms with Crippen LogP contribution in [0.2, 0.25) is 0 Å². The van der Waals surface area contributed by atoms with E-state index in [1.54, 1.807) is 55.1 Å². The number of nitrogens with zero attached hydrogens (tertiary/aromatic N) is 9. The second kappa shape index (κ2) is 53.0. The molecule has 7 atom stereocenters. The summed E-state index contributed by atoms with van der Waals surface area (Å²) in [5.41, 5.74) is -4.27. The number of hydrogen-bond donors (Lipinski definition) is 2. The number of piperidine rings is 4. The molecule has 3 aliphatic carbocycles. The number of esters is 2. The molecule has 7 aliphatic heterocycles. The van der Waals surface area contributed by atoms with Crippen molar-refractivity contribution in [1.29, 1.82) is 0 Å². The van der Waals surface area contributed by atoms with Crippen molar-refractivity contribution < 1.29 is 97.6 Å². The highest BCUT2D eigenvalue weighted by Gasteiger charge is 2.60. The number of alkyl halides is 3. The van der Waals surface area contributed by atoms with Gasteiger partial charge in [0.05, 0.1) is 78.0 Å². The number of carboxylic acid groups (broad SMARTS) is 1. The Kier molecular flexibility index (Phi) is 44.2. The Morgan fingerprint density at radius 1 is 0.427 bits per heavy atom. The third kappa shape index (κ3) is 35.4. The third-order valence-corrected chi connectivity index (χ3v) is 31.9. The topological polar surface area (TPSA) is 316 Å². The minimum absolute atomic E-state index is 0.0209. The summed E-state index contributed by atoms with van der Waals surface area (Å²) >= 11 is 0. The van der Waals surface area contributed by atoms with Crippen LogP contribution in [-0.4, -0.2) is 246 Å². The summed E-state index contributed by atoms with van der Waals surface area (Å²) in [5, 5.41) is 12.8. The lowest BCUT2D eigenvalue weighted by Crippen LogP contribution is -2.53. The van der Waals surface area contributed by atoms with Gasteiger partial charge in [0.15, 0.2) is 11.7 Å². The minimum atomic E-state index is -6.11. The first-order chi connectivity index (χ1) is 69.8. The molecular formula is C118H189F3N10O18S. The van der Waals surface area contributed by atoms with Crippen molar-refractivity contribution in [1.82, 2.24) is 34.7 Å². The summed E-state index contributed by atoms with van der Waals surface area (Å²) < 4.78 is 107. The molecule has 7 fully saturated rings. The highest BCUT2D eigenvalue weighted by Crippen LogP contribution is 2.55. The standard InChI is InChI=1S/C36H57N3O4.C33H51N3O4.C30H43F3N2O6S.C12H23NO3.C7H15NO/c1-10-42-29-12-11-23-38(24-29)31-32(40)39(36(37-31)21-17-28(18-22-36)35(7,8)9)30(19-20-34(4,5)6)26-13-15-27(16-14-26)33(41)43-25(2)3;1-8-40-26-10-9-21-35(22-26)28-29(37)36(33(34-28)19-15-25(16-20-33)32(5,6)7)27(17-18-31(2,3)4)23-11-13-24(14-12-23)30(38)39;1-19(2)40-26(37)21-11-9-20(10-12-21)23(15-16-27(3,4)5)35-25(36)24(41-42(38,39)30(31,32)33)34-29(35)17-13-22(14-18-29)28(6,7)8;1-5-15-10-7-6-8-13(9-10)11(14)16-12(2,3)4;1-2-9-7-4-3-5-8-6-7/h13-16,25,28-30H,10-12,17-24H2,1-9H3;11-14,25-27H,8-10,15-22H2,1-7H3,(H,38,39);9-12,19,22-23H,13-18H2,1-8H3;10H,5-9H2,1-4H3;7-8H,2-6H2,1H3/t28?,29?,30-,36?;25?,26?,27-,33?;22?,23-,29?;;/m111../s1. The summed E-state index contributed by atoms with van der Waals surface area (Å²) in [6.07, 6.45) is 22.9. The van der Waals surface area contributed by atoms with Gasteiger partial charge in [-0.25, -0.2) is 34.2 Å². The number of ether oxygens (including phenoxy) is 7. The molecule has 28 nitrogen and oxygen atoms in total. The SMILES string of the molecule is CC(C)OC(=O)c1ccc([C@@H](CCC(C)(C)C)N2C(=O)C(OS(=O)(=O)C(F)(F)F)=NC23CCC(C(C)(C)C)CC3)cc1.CCOC1CCCN(C(=O)OC(C)(C)C)C1.CCOC1CCCN(C2=NC3(CCC(C(C)(C)C)CC3)N([C@H](CCC(C)(C)C)c3ccc(C(=O)O)cc3)C2=O)C1.CCOC1CCCN(C2=NC3(CCC(C(C)(C)C)CC3)N([C@H](CCC(C)(C)C)c3ccc(C(=O)OC(C)C)cc3)C2=O)C1.CCOC1CCCNC1. The highest BCUT2D eigenvalue weighted by molar-refractivity contribution is 7.88. The summed E-state index contributed by atoms with van der Waals surface area (Å²) in [5.74, 6) is -1.07. The second-order valence-electron chi connectivity index (χ2n) is 51.5. The smallest absolute Gasteiger partial charge is 0.478 e. The molecule has 846 valence electrons. The fourth-order valence-corrected chi connectivity index (χ4v) is 23.1. The number of carbonyl (C=O) groups excluding carboxylic acids is 6. The van der Waals surface area contributed by atoms with Gasteiger partial charge in [-0.1, -0.05) is 161 Å². The van der Waals surface area contributed by atoms with Crippen LogP contribution in [0.1, 0.15) is 434 Å². The van der Waals surface area contributed by atoms with Crippen LogP contribution in [0, 0.1) is 50.2 Å². The first-order valence-electron chi connectivity index (χ1n) is 56.2. The summed E-state index contributed by atoms with van der Waals surface area (Å²) in [4.78, 5) is 119. The van der Waals surface area contributed by atoms with Gasteiger partial charge in [0.1, 0.15) is 22.6 Å². The third-order valence-electron chi connectivity index (χ3n) is 31.0. The van der Waals surface area contributed by atoms with Crippen LogP contribution in [-0.2, 0) is 61.8 Å². The maximum absolute atomic E-state index is 14.7. The summed E-state index contributed by atoms with van der Waals surface area (Å²) in [7, 11) is -6.11. The maximum atomic E-state index is 14.7. The van der Waals surface area contributed by atoms with Gasteiger partial charge in [0, 0.05) is 65.7 Å². The number of nitrogens with one attached hydrogen (secondary N) is 1. The fourth-order valence-electron chi connectivity index (χ4n) is 22.7. The van der Waals surface area contributed by atoms with Crippen molar-refractivity contribution in [2.75, 3.05) is 78.8 Å². The van der Waals surface area contributed by atoms with E-state index in [1.807, 2.05) is 113 Å². The number of rotatable bonds is 26. The number of amides is 4. The number of carboxylic acids is 1. The van der Waals surface area contributed by atoms with Gasteiger partial charge in [-0.05, 0) is 353 Å². The Morgan fingerprint density at radius 3 is 1.04 bits per heavy atom. The van der Waals surface area contributed by atoms with Gasteiger partial charge in [-0.15, -0.1) is 0 Å². The number of aromatic carboxylic acids is 1. The lowest BCUT2D eigenvalue weighted by molar-refractivity contribution is -0.135. The molecule has 4 saturated heterocycles. The molecule has 0 aromatic heterocycles. The van der Waals surface area contributed by atoms with E-state index < -0.39 is 68.0 Å². The lowest BCUT2D eigenvalue weighted by atomic mass is 9.69. The highest BCUT2D eigenvalue weighted by atomic mass is 32.2. The Labute approximate surface area is 897 Å². The van der Waals surface area contributed by atoms with E-state index in [-0.39, 0.29) is 110 Å². The average Bonchev–Trinajstić information content (AvgIpc) is 1.59. The number of halogens is 3. The number of carbonyl (C=O) groups is 7. The largest absolute Gasteiger partial charge is 0.534 e. The molecule has 4 amide bonds. The number of benzene rings is 3. The molecule has 2 N–H and O–H groups in total.